The van der Waals surface area contributed by atoms with Gasteiger partial charge < -0.3 is 19.5 Å². The molecule has 1 aromatic heterocycles. The smallest absolute Gasteiger partial charge is 0.260 e. The van der Waals surface area contributed by atoms with Crippen molar-refractivity contribution < 1.29 is 9.53 Å². The molecule has 6 heteroatoms. The van der Waals surface area contributed by atoms with E-state index in [4.69, 9.17) is 4.74 Å². The Morgan fingerprint density at radius 3 is 2.34 bits per heavy atom. The van der Waals surface area contributed by atoms with Gasteiger partial charge in [0, 0.05) is 24.4 Å². The van der Waals surface area contributed by atoms with E-state index in [9.17, 15) is 10.0 Å². The molecule has 1 aliphatic rings. The van der Waals surface area contributed by atoms with E-state index >= 15 is 0 Å². The largest absolute Gasteiger partial charge is 0.626 e. The molecule has 5 rings (SSSR count). The van der Waals surface area contributed by atoms with E-state index in [0.29, 0.717) is 43.4 Å². The van der Waals surface area contributed by atoms with E-state index in [1.807, 2.05) is 80.6 Å². The maximum absolute atomic E-state index is 14.0. The fourth-order valence-electron chi connectivity index (χ4n) is 4.76. The summed E-state index contributed by atoms with van der Waals surface area (Å²) in [6, 6.07) is 23.8. The molecule has 6 nitrogen and oxygen atoms in total. The first-order valence-electron chi connectivity index (χ1n) is 11.9. The number of morpholine rings is 1. The Kier molecular flexibility index (Phi) is 6.11. The van der Waals surface area contributed by atoms with E-state index in [0.717, 1.165) is 33.2 Å². The Balaban J connectivity index is 1.64. The number of ether oxygens (including phenoxy) is 1. The minimum Gasteiger partial charge on any atom is -0.626 e. The van der Waals surface area contributed by atoms with Gasteiger partial charge in [-0.15, -0.1) is 0 Å². The first-order chi connectivity index (χ1) is 16.9. The van der Waals surface area contributed by atoms with Gasteiger partial charge in [0.15, 0.2) is 0 Å². The zero-order valence-corrected chi connectivity index (χ0v) is 20.3. The lowest BCUT2D eigenvalue weighted by molar-refractivity contribution is 0.0601. The Labute approximate surface area is 205 Å². The van der Waals surface area contributed by atoms with Gasteiger partial charge in [-0.1, -0.05) is 54.6 Å². The summed E-state index contributed by atoms with van der Waals surface area (Å²) in [6.45, 7) is 5.25. The number of nitrogens with zero attached hydrogens (tertiary/aromatic N) is 3. The highest BCUT2D eigenvalue weighted by atomic mass is 16.6. The number of hydroxylamine groups is 2. The van der Waals surface area contributed by atoms with Crippen LogP contribution in [0.5, 0.6) is 0 Å². The van der Waals surface area contributed by atoms with Crippen molar-refractivity contribution in [3.63, 3.8) is 0 Å². The SMILES string of the molecule is Cc1ccccc1-c1cc([N+]2([O-])CCOCC2)nc(C)c1C(=O)N(C)c1ccc2ccccc2c1. The molecule has 1 saturated heterocycles. The Bertz CT molecular complexity index is 1410. The number of anilines is 1. The number of aromatic nitrogens is 1. The van der Waals surface area contributed by atoms with Crippen LogP contribution in [0, 0.1) is 19.1 Å². The highest BCUT2D eigenvalue weighted by Crippen LogP contribution is 2.35. The lowest BCUT2D eigenvalue weighted by Crippen LogP contribution is -2.52. The molecule has 0 spiro atoms. The second-order valence-electron chi connectivity index (χ2n) is 9.15. The number of hydrogen-bond acceptors (Lipinski definition) is 4. The van der Waals surface area contributed by atoms with Crippen LogP contribution in [0.3, 0.4) is 0 Å². The first-order valence-corrected chi connectivity index (χ1v) is 11.9. The average molecular weight is 468 g/mol. The Morgan fingerprint density at radius 2 is 1.60 bits per heavy atom. The molecule has 0 bridgehead atoms. The van der Waals surface area contributed by atoms with Crippen molar-refractivity contribution in [1.82, 2.24) is 9.63 Å². The highest BCUT2D eigenvalue weighted by molar-refractivity contribution is 6.11. The maximum atomic E-state index is 14.0. The number of quaternary nitrogens is 1. The fraction of sp³-hybridized carbons (Fsp3) is 0.241. The molecule has 0 atom stereocenters. The summed E-state index contributed by atoms with van der Waals surface area (Å²) in [7, 11) is 1.78. The van der Waals surface area contributed by atoms with Crippen LogP contribution in [-0.2, 0) is 4.74 Å². The van der Waals surface area contributed by atoms with Crippen LogP contribution < -0.4 is 9.55 Å². The summed E-state index contributed by atoms with van der Waals surface area (Å²) in [5, 5.41) is 15.8. The summed E-state index contributed by atoms with van der Waals surface area (Å²) < 4.78 is 4.87. The first kappa shape index (κ1) is 23.2. The zero-order chi connectivity index (χ0) is 24.6. The third kappa shape index (κ3) is 4.32. The van der Waals surface area contributed by atoms with Gasteiger partial charge in [-0.2, -0.15) is 0 Å². The molecule has 0 N–H and O–H groups in total. The van der Waals surface area contributed by atoms with Crippen molar-refractivity contribution in [3.8, 4) is 11.1 Å². The normalized spacial score (nSPS) is 15.2. The molecule has 178 valence electrons. The summed E-state index contributed by atoms with van der Waals surface area (Å²) in [4.78, 5) is 20.3. The lowest BCUT2D eigenvalue weighted by atomic mass is 9.94. The standard InChI is InChI=1S/C29H29N3O3/c1-20-8-4-7-11-25(20)26-19-27(32(34)14-16-35-17-15-32)30-21(2)28(26)29(33)31(3)24-13-12-22-9-5-6-10-23(22)18-24/h4-13,18-19H,14-17H2,1-3H3. The molecule has 0 saturated carbocycles. The number of pyridine rings is 1. The van der Waals surface area contributed by atoms with Gasteiger partial charge in [-0.05, 0) is 47.9 Å². The molecule has 1 fully saturated rings. The monoisotopic (exact) mass is 467 g/mol. The molecular formula is C29H29N3O3. The summed E-state index contributed by atoms with van der Waals surface area (Å²) in [6.07, 6.45) is 0. The number of aryl methyl sites for hydroxylation is 2. The van der Waals surface area contributed by atoms with Gasteiger partial charge in [0.25, 0.3) is 5.91 Å². The van der Waals surface area contributed by atoms with Gasteiger partial charge in [0.05, 0.1) is 24.5 Å². The van der Waals surface area contributed by atoms with E-state index in [1.54, 1.807) is 11.9 Å². The maximum Gasteiger partial charge on any atom is 0.260 e. The molecule has 0 unspecified atom stereocenters. The van der Waals surface area contributed by atoms with E-state index in [1.165, 1.54) is 0 Å². The van der Waals surface area contributed by atoms with Gasteiger partial charge >= 0.3 is 0 Å². The number of fused-ring (bicyclic) bond motifs is 1. The molecule has 3 aromatic carbocycles. The molecule has 2 heterocycles. The van der Waals surface area contributed by atoms with Crippen molar-refractivity contribution >= 4 is 28.2 Å². The molecule has 0 radical (unpaired) electrons. The van der Waals surface area contributed by atoms with Crippen LogP contribution >= 0.6 is 0 Å². The quantitative estimate of drug-likeness (QED) is 0.288. The third-order valence-electron chi connectivity index (χ3n) is 6.87. The number of carbonyl (C=O) groups is 1. The van der Waals surface area contributed by atoms with E-state index in [2.05, 4.69) is 11.1 Å². The molecule has 1 amide bonds. The van der Waals surface area contributed by atoms with Crippen molar-refractivity contribution in [2.45, 2.75) is 13.8 Å². The van der Waals surface area contributed by atoms with Crippen molar-refractivity contribution in [1.29, 1.82) is 0 Å². The zero-order valence-electron chi connectivity index (χ0n) is 20.3. The highest BCUT2D eigenvalue weighted by Gasteiger charge is 2.30. The number of carbonyl (C=O) groups excluding carboxylic acids is 1. The molecule has 4 aromatic rings. The van der Waals surface area contributed by atoms with Gasteiger partial charge in [0.1, 0.15) is 13.1 Å². The van der Waals surface area contributed by atoms with Crippen LogP contribution in [0.15, 0.2) is 72.8 Å². The summed E-state index contributed by atoms with van der Waals surface area (Å²) in [5.41, 5.74) is 4.56. The minimum atomic E-state index is -0.547. The van der Waals surface area contributed by atoms with E-state index in [-0.39, 0.29) is 5.91 Å². The molecular weight excluding hydrogens is 438 g/mol. The van der Waals surface area contributed by atoms with Crippen LogP contribution in [0.2, 0.25) is 0 Å². The van der Waals surface area contributed by atoms with Crippen LogP contribution in [0.25, 0.3) is 21.9 Å². The van der Waals surface area contributed by atoms with Crippen LogP contribution in [0.1, 0.15) is 21.6 Å². The number of hydrogen-bond donors (Lipinski definition) is 0. The Hall–Kier alpha value is -3.58. The average Bonchev–Trinajstić information content (AvgIpc) is 2.88. The predicted molar refractivity (Wildman–Crippen MR) is 142 cm³/mol. The molecule has 0 aliphatic carbocycles. The predicted octanol–water partition coefficient (Wildman–Crippen LogP) is 5.63. The second kappa shape index (κ2) is 9.23. The molecule has 35 heavy (non-hydrogen) atoms. The third-order valence-corrected chi connectivity index (χ3v) is 6.87. The van der Waals surface area contributed by atoms with Gasteiger partial charge in [-0.25, -0.2) is 4.98 Å². The number of benzene rings is 3. The summed E-state index contributed by atoms with van der Waals surface area (Å²) >= 11 is 0. The lowest BCUT2D eigenvalue weighted by Gasteiger charge is -2.43. The van der Waals surface area contributed by atoms with E-state index < -0.39 is 4.65 Å². The number of rotatable bonds is 4. The van der Waals surface area contributed by atoms with Crippen molar-refractivity contribution in [2.75, 3.05) is 38.3 Å². The topological polar surface area (TPSA) is 65.5 Å². The number of amides is 1. The van der Waals surface area contributed by atoms with Crippen molar-refractivity contribution in [2.24, 2.45) is 0 Å². The van der Waals surface area contributed by atoms with Gasteiger partial charge in [0.2, 0.25) is 5.82 Å². The van der Waals surface area contributed by atoms with Crippen molar-refractivity contribution in [3.05, 3.63) is 94.8 Å². The summed E-state index contributed by atoms with van der Waals surface area (Å²) in [5.74, 6) is 0.267. The Morgan fingerprint density at radius 1 is 0.914 bits per heavy atom. The van der Waals surface area contributed by atoms with Crippen LogP contribution in [0.4, 0.5) is 11.5 Å². The second-order valence-corrected chi connectivity index (χ2v) is 9.15. The van der Waals surface area contributed by atoms with Crippen LogP contribution in [-0.4, -0.2) is 44.2 Å². The fourth-order valence-corrected chi connectivity index (χ4v) is 4.76. The van der Waals surface area contributed by atoms with Gasteiger partial charge in [-0.3, -0.25) is 4.79 Å². The minimum absolute atomic E-state index is 0.158. The molecule has 1 aliphatic heterocycles.